The molecule has 0 aliphatic carbocycles. The Kier molecular flexibility index (Phi) is 2.56. The van der Waals surface area contributed by atoms with Crippen LogP contribution in [-0.4, -0.2) is 19.9 Å². The van der Waals surface area contributed by atoms with Crippen molar-refractivity contribution in [3.8, 4) is 11.4 Å². The average Bonchev–Trinajstić information content (AvgIpc) is 2.41. The third-order valence-corrected chi connectivity index (χ3v) is 2.74. The first-order valence-corrected chi connectivity index (χ1v) is 5.61. The van der Waals surface area contributed by atoms with E-state index in [4.69, 9.17) is 0 Å². The minimum atomic E-state index is -0.935. The predicted octanol–water partition coefficient (Wildman–Crippen LogP) is 1.83. The van der Waals surface area contributed by atoms with Crippen molar-refractivity contribution < 1.29 is 4.39 Å². The number of fused-ring (bicyclic) bond motifs is 1. The molecule has 0 atom stereocenters. The molecule has 0 aliphatic rings. The standard InChI is InChI=1S/C13H9FN4O/c1-7-2-8-3-9(16-5-10(8)15-4-7)12-11(14)13(19)18-6-17-12/h2-6H,1H3,(H,17,18,19). The van der Waals surface area contributed by atoms with Crippen LogP contribution in [-0.2, 0) is 0 Å². The average molecular weight is 256 g/mol. The first-order valence-electron chi connectivity index (χ1n) is 5.61. The number of halogens is 1. The highest BCUT2D eigenvalue weighted by Gasteiger charge is 2.12. The molecule has 1 N–H and O–H groups in total. The van der Waals surface area contributed by atoms with Crippen LogP contribution in [0.1, 0.15) is 5.56 Å². The second-order valence-corrected chi connectivity index (χ2v) is 4.17. The molecule has 0 bridgehead atoms. The van der Waals surface area contributed by atoms with Crippen LogP contribution in [0.4, 0.5) is 4.39 Å². The molecule has 19 heavy (non-hydrogen) atoms. The second kappa shape index (κ2) is 4.24. The first-order chi connectivity index (χ1) is 9.15. The van der Waals surface area contributed by atoms with E-state index in [0.717, 1.165) is 17.3 Å². The molecule has 0 saturated heterocycles. The zero-order valence-corrected chi connectivity index (χ0v) is 10.0. The summed E-state index contributed by atoms with van der Waals surface area (Å²) in [6, 6.07) is 3.58. The van der Waals surface area contributed by atoms with Crippen LogP contribution in [0.25, 0.3) is 22.3 Å². The van der Waals surface area contributed by atoms with Crippen molar-refractivity contribution >= 4 is 10.9 Å². The van der Waals surface area contributed by atoms with Gasteiger partial charge in [0, 0.05) is 11.6 Å². The van der Waals surface area contributed by atoms with Crippen molar-refractivity contribution in [1.82, 2.24) is 19.9 Å². The fourth-order valence-electron chi connectivity index (χ4n) is 1.83. The summed E-state index contributed by atoms with van der Waals surface area (Å²) in [5.74, 6) is -0.935. The van der Waals surface area contributed by atoms with Crippen LogP contribution in [0.2, 0.25) is 0 Å². The third kappa shape index (κ3) is 1.97. The van der Waals surface area contributed by atoms with Gasteiger partial charge >= 0.3 is 0 Å². The van der Waals surface area contributed by atoms with Crippen LogP contribution in [0, 0.1) is 12.7 Å². The van der Waals surface area contributed by atoms with Crippen molar-refractivity contribution in [2.75, 3.05) is 0 Å². The molecule has 5 nitrogen and oxygen atoms in total. The van der Waals surface area contributed by atoms with Crippen molar-refractivity contribution in [3.05, 3.63) is 52.6 Å². The molecule has 0 unspecified atom stereocenters. The Bertz CT molecular complexity index is 828. The van der Waals surface area contributed by atoms with Crippen LogP contribution in [0.5, 0.6) is 0 Å². The van der Waals surface area contributed by atoms with Gasteiger partial charge in [0.15, 0.2) is 0 Å². The van der Waals surface area contributed by atoms with Gasteiger partial charge in [0.05, 0.1) is 23.7 Å². The van der Waals surface area contributed by atoms with E-state index in [-0.39, 0.29) is 5.69 Å². The number of H-pyrrole nitrogens is 1. The SMILES string of the molecule is Cc1cnc2cnc(-c3nc[nH]c(=O)c3F)cc2c1. The topological polar surface area (TPSA) is 71.5 Å². The minimum absolute atomic E-state index is 0.0628. The lowest BCUT2D eigenvalue weighted by atomic mass is 10.1. The van der Waals surface area contributed by atoms with Gasteiger partial charge < -0.3 is 4.98 Å². The van der Waals surface area contributed by atoms with Crippen molar-refractivity contribution in [2.45, 2.75) is 6.92 Å². The van der Waals surface area contributed by atoms with Crippen LogP contribution >= 0.6 is 0 Å². The van der Waals surface area contributed by atoms with E-state index in [1.807, 2.05) is 13.0 Å². The molecule has 3 heterocycles. The number of aromatic amines is 1. The number of rotatable bonds is 1. The summed E-state index contributed by atoms with van der Waals surface area (Å²) in [7, 11) is 0. The molecule has 0 radical (unpaired) electrons. The van der Waals surface area contributed by atoms with Gasteiger partial charge in [0.1, 0.15) is 5.69 Å². The fourth-order valence-corrected chi connectivity index (χ4v) is 1.83. The molecular formula is C13H9FN4O. The number of aromatic nitrogens is 4. The lowest BCUT2D eigenvalue weighted by molar-refractivity contribution is 0.604. The molecular weight excluding hydrogens is 247 g/mol. The Morgan fingerprint density at radius 1 is 1.16 bits per heavy atom. The van der Waals surface area contributed by atoms with E-state index >= 15 is 0 Å². The molecule has 94 valence electrons. The van der Waals surface area contributed by atoms with Crippen LogP contribution in [0.15, 0.2) is 35.6 Å². The fraction of sp³-hybridized carbons (Fsp3) is 0.0769. The highest BCUT2D eigenvalue weighted by Crippen LogP contribution is 2.20. The highest BCUT2D eigenvalue weighted by atomic mass is 19.1. The van der Waals surface area contributed by atoms with Gasteiger partial charge in [-0.3, -0.25) is 14.8 Å². The predicted molar refractivity (Wildman–Crippen MR) is 68.1 cm³/mol. The van der Waals surface area contributed by atoms with E-state index in [1.54, 1.807) is 12.3 Å². The number of hydrogen-bond donors (Lipinski definition) is 1. The number of pyridine rings is 2. The van der Waals surface area contributed by atoms with E-state index in [2.05, 4.69) is 19.9 Å². The highest BCUT2D eigenvalue weighted by molar-refractivity contribution is 5.81. The summed E-state index contributed by atoms with van der Waals surface area (Å²) in [6.45, 7) is 1.92. The second-order valence-electron chi connectivity index (χ2n) is 4.17. The molecule has 3 aromatic rings. The van der Waals surface area contributed by atoms with E-state index < -0.39 is 11.4 Å². The zero-order chi connectivity index (χ0) is 13.4. The summed E-state index contributed by atoms with van der Waals surface area (Å²) in [5.41, 5.74) is 1.13. The molecule has 0 aliphatic heterocycles. The summed E-state index contributed by atoms with van der Waals surface area (Å²) in [6.07, 6.45) is 4.42. The van der Waals surface area contributed by atoms with Crippen molar-refractivity contribution in [1.29, 1.82) is 0 Å². The zero-order valence-electron chi connectivity index (χ0n) is 10.0. The maximum atomic E-state index is 13.7. The Labute approximate surface area is 107 Å². The Balaban J connectivity index is 2.25. The third-order valence-electron chi connectivity index (χ3n) is 2.74. The molecule has 0 amide bonds. The van der Waals surface area contributed by atoms with Gasteiger partial charge in [-0.1, -0.05) is 0 Å². The maximum Gasteiger partial charge on any atom is 0.287 e. The monoisotopic (exact) mass is 256 g/mol. The molecule has 0 saturated carbocycles. The molecule has 0 spiro atoms. The van der Waals surface area contributed by atoms with Crippen molar-refractivity contribution in [2.24, 2.45) is 0 Å². The van der Waals surface area contributed by atoms with Crippen LogP contribution in [0.3, 0.4) is 0 Å². The van der Waals surface area contributed by atoms with E-state index in [0.29, 0.717) is 11.2 Å². The van der Waals surface area contributed by atoms with Gasteiger partial charge in [-0.2, -0.15) is 4.39 Å². The summed E-state index contributed by atoms with van der Waals surface area (Å²) in [4.78, 5) is 25.5. The minimum Gasteiger partial charge on any atom is -0.311 e. The number of hydrogen-bond acceptors (Lipinski definition) is 4. The number of aryl methyl sites for hydroxylation is 1. The summed E-state index contributed by atoms with van der Waals surface area (Å²) >= 11 is 0. The van der Waals surface area contributed by atoms with Gasteiger partial charge in [-0.15, -0.1) is 0 Å². The molecule has 3 aromatic heterocycles. The van der Waals surface area contributed by atoms with Gasteiger partial charge in [0.25, 0.3) is 5.56 Å². The largest absolute Gasteiger partial charge is 0.311 e. The van der Waals surface area contributed by atoms with E-state index in [9.17, 15) is 9.18 Å². The Hall–Kier alpha value is -2.63. The van der Waals surface area contributed by atoms with Crippen LogP contribution < -0.4 is 5.56 Å². The van der Waals surface area contributed by atoms with Gasteiger partial charge in [-0.25, -0.2) is 4.98 Å². The lowest BCUT2D eigenvalue weighted by Gasteiger charge is -2.03. The summed E-state index contributed by atoms with van der Waals surface area (Å²) in [5, 5.41) is 0.825. The Morgan fingerprint density at radius 3 is 2.84 bits per heavy atom. The maximum absolute atomic E-state index is 13.7. The number of nitrogens with one attached hydrogen (secondary N) is 1. The van der Waals surface area contributed by atoms with Crippen molar-refractivity contribution in [3.63, 3.8) is 0 Å². The molecule has 3 rings (SSSR count). The molecule has 0 fully saturated rings. The quantitative estimate of drug-likeness (QED) is 0.721. The molecule has 0 aromatic carbocycles. The number of nitrogens with zero attached hydrogens (tertiary/aromatic N) is 3. The summed E-state index contributed by atoms with van der Waals surface area (Å²) < 4.78 is 13.7. The molecule has 6 heteroatoms. The van der Waals surface area contributed by atoms with Gasteiger partial charge in [-0.05, 0) is 24.6 Å². The van der Waals surface area contributed by atoms with E-state index in [1.165, 1.54) is 6.20 Å². The first kappa shape index (κ1) is 11.5. The normalized spacial score (nSPS) is 10.8. The lowest BCUT2D eigenvalue weighted by Crippen LogP contribution is -2.12. The Morgan fingerprint density at radius 2 is 2.00 bits per heavy atom. The smallest absolute Gasteiger partial charge is 0.287 e. The van der Waals surface area contributed by atoms with Gasteiger partial charge in [0.2, 0.25) is 5.82 Å².